The number of nitrogens with one attached hydrogen (secondary N) is 3. The number of halogens is 5. The molecular formula is C23H25F5N8O3S2. The number of carbonyl (C=O) groups is 1. The minimum Gasteiger partial charge on any atom is -0.316 e. The van der Waals surface area contributed by atoms with Crippen molar-refractivity contribution in [3.05, 3.63) is 28.5 Å². The van der Waals surface area contributed by atoms with Crippen LogP contribution < -0.4 is 15.4 Å². The smallest absolute Gasteiger partial charge is 0.282 e. The number of amides is 1. The first-order chi connectivity index (χ1) is 19.3. The summed E-state index contributed by atoms with van der Waals surface area (Å²) in [7, 11) is -2.78. The lowest BCUT2D eigenvalue weighted by Crippen LogP contribution is -2.45. The number of thiophene rings is 1. The molecule has 3 aliphatic carbocycles. The molecule has 18 heteroatoms. The molecule has 0 unspecified atom stereocenters. The largest absolute Gasteiger partial charge is 0.316 e. The fourth-order valence-corrected chi connectivity index (χ4v) is 8.43. The Hall–Kier alpha value is -3.12. The molecule has 0 bridgehead atoms. The molecule has 3 aliphatic rings. The molecule has 41 heavy (non-hydrogen) atoms. The molecule has 6 rings (SSSR count). The van der Waals surface area contributed by atoms with Crippen LogP contribution >= 0.6 is 11.3 Å². The number of aryl methyl sites for hydroxylation is 2. The van der Waals surface area contributed by atoms with Crippen LogP contribution in [0.1, 0.15) is 54.3 Å². The van der Waals surface area contributed by atoms with E-state index in [1.54, 1.807) is 4.57 Å². The molecule has 3 aromatic heterocycles. The van der Waals surface area contributed by atoms with Gasteiger partial charge in [0, 0.05) is 36.5 Å². The van der Waals surface area contributed by atoms with Crippen LogP contribution in [0.25, 0.3) is 0 Å². The number of nitrogens with zero attached hydrogens (tertiary/aromatic N) is 5. The molecule has 222 valence electrons. The molecule has 0 aliphatic heterocycles. The normalized spacial score (nSPS) is 25.0. The predicted octanol–water partition coefficient (Wildman–Crippen LogP) is 3.86. The third-order valence-corrected chi connectivity index (χ3v) is 10.5. The standard InChI is InChI=1S/C23H25F5N8O3S2/c1-35-17(7-15(33-35)19(25)26)30-22-32-29-9-36(22)12-2-3-16-13(6-12)18(41(38,39)34-11-4-10(24)5-11)21(40-16)31-20(37)14-8-23(14,27)28/h7,9-12,14,19,34H,2-6,8H2,1H3,(H,30,32)(H,31,37)/t10?,11?,12-,14+/m0/s1. The van der Waals surface area contributed by atoms with Gasteiger partial charge in [-0.15, -0.1) is 21.5 Å². The Kier molecular flexibility index (Phi) is 6.84. The first-order valence-corrected chi connectivity index (χ1v) is 15.1. The number of anilines is 3. The van der Waals surface area contributed by atoms with Crippen LogP contribution in [0, 0.1) is 5.92 Å². The van der Waals surface area contributed by atoms with Gasteiger partial charge >= 0.3 is 0 Å². The molecule has 11 nitrogen and oxygen atoms in total. The van der Waals surface area contributed by atoms with Crippen LogP contribution in [0.2, 0.25) is 0 Å². The first kappa shape index (κ1) is 28.0. The molecule has 2 fully saturated rings. The fraction of sp³-hybridized carbons (Fsp3) is 0.565. The molecule has 3 heterocycles. The predicted molar refractivity (Wildman–Crippen MR) is 137 cm³/mol. The van der Waals surface area contributed by atoms with Crippen molar-refractivity contribution in [1.29, 1.82) is 0 Å². The fourth-order valence-electron chi connectivity index (χ4n) is 5.19. The van der Waals surface area contributed by atoms with Gasteiger partial charge < -0.3 is 10.6 Å². The SMILES string of the molecule is Cn1nc(C(F)F)cc1Nc1nncn1[C@H]1CCc2sc(NC(=O)[C@H]3CC3(F)F)c(S(=O)(=O)NC3CC(F)C3)c2C1. The summed E-state index contributed by atoms with van der Waals surface area (Å²) < 4.78 is 99.2. The molecule has 3 aromatic rings. The molecule has 3 N–H and O–H groups in total. The van der Waals surface area contributed by atoms with E-state index in [9.17, 15) is 35.2 Å². The van der Waals surface area contributed by atoms with E-state index < -0.39 is 58.5 Å². The zero-order valence-electron chi connectivity index (χ0n) is 21.5. The summed E-state index contributed by atoms with van der Waals surface area (Å²) >= 11 is 1.02. The molecule has 2 atom stereocenters. The van der Waals surface area contributed by atoms with Crippen molar-refractivity contribution < 1.29 is 35.2 Å². The zero-order chi connectivity index (χ0) is 29.3. The summed E-state index contributed by atoms with van der Waals surface area (Å²) in [5.41, 5.74) is -0.0130. The number of alkyl halides is 5. The lowest BCUT2D eigenvalue weighted by Gasteiger charge is -2.30. The minimum atomic E-state index is -4.26. The maximum absolute atomic E-state index is 13.6. The number of fused-ring (bicyclic) bond motifs is 1. The number of hydrogen-bond acceptors (Lipinski definition) is 8. The van der Waals surface area contributed by atoms with Gasteiger partial charge in [0.05, 0.1) is 0 Å². The van der Waals surface area contributed by atoms with Crippen molar-refractivity contribution in [2.75, 3.05) is 10.6 Å². The number of aromatic nitrogens is 5. The maximum atomic E-state index is 13.6. The molecule has 0 saturated heterocycles. The minimum absolute atomic E-state index is 0.0151. The van der Waals surface area contributed by atoms with Gasteiger partial charge in [0.25, 0.3) is 12.3 Å². The monoisotopic (exact) mass is 620 g/mol. The van der Waals surface area contributed by atoms with Crippen molar-refractivity contribution in [3.63, 3.8) is 0 Å². The second kappa shape index (κ2) is 10.0. The summed E-state index contributed by atoms with van der Waals surface area (Å²) in [6, 6.07) is 0.187. The van der Waals surface area contributed by atoms with Gasteiger partial charge in [-0.25, -0.2) is 35.1 Å². The Morgan fingerprint density at radius 1 is 1.27 bits per heavy atom. The third-order valence-electron chi connectivity index (χ3n) is 7.57. The van der Waals surface area contributed by atoms with Crippen molar-refractivity contribution in [3.8, 4) is 0 Å². The highest BCUT2D eigenvalue weighted by molar-refractivity contribution is 7.90. The molecule has 2 saturated carbocycles. The summed E-state index contributed by atoms with van der Waals surface area (Å²) in [5, 5.41) is 17.0. The van der Waals surface area contributed by atoms with E-state index in [0.717, 1.165) is 11.3 Å². The summed E-state index contributed by atoms with van der Waals surface area (Å²) in [6.07, 6.45) is -1.96. The second-order valence-corrected chi connectivity index (χ2v) is 13.3. The van der Waals surface area contributed by atoms with Crippen LogP contribution in [-0.4, -0.2) is 57.0 Å². The van der Waals surface area contributed by atoms with E-state index in [1.807, 2.05) is 0 Å². The lowest BCUT2D eigenvalue weighted by molar-refractivity contribution is -0.119. The lowest BCUT2D eigenvalue weighted by atomic mass is 9.92. The van der Waals surface area contributed by atoms with Gasteiger partial charge in [-0.1, -0.05) is 0 Å². The van der Waals surface area contributed by atoms with Crippen molar-refractivity contribution in [1.82, 2.24) is 29.3 Å². The van der Waals surface area contributed by atoms with E-state index in [2.05, 4.69) is 30.7 Å². The third kappa shape index (κ3) is 5.31. The number of sulfonamides is 1. The van der Waals surface area contributed by atoms with E-state index in [-0.39, 0.29) is 47.0 Å². The Morgan fingerprint density at radius 3 is 2.63 bits per heavy atom. The Labute approximate surface area is 234 Å². The van der Waals surface area contributed by atoms with Crippen molar-refractivity contribution in [2.45, 2.75) is 74.0 Å². The van der Waals surface area contributed by atoms with E-state index in [4.69, 9.17) is 0 Å². The highest BCUT2D eigenvalue weighted by Crippen LogP contribution is 2.50. The topological polar surface area (TPSA) is 136 Å². The molecule has 0 radical (unpaired) electrons. The zero-order valence-corrected chi connectivity index (χ0v) is 23.1. The van der Waals surface area contributed by atoms with Crippen LogP contribution in [0.4, 0.5) is 38.7 Å². The number of carbonyl (C=O) groups excluding carboxylic acids is 1. The highest BCUT2D eigenvalue weighted by atomic mass is 32.2. The summed E-state index contributed by atoms with van der Waals surface area (Å²) in [5.74, 6) is -5.16. The molecule has 0 aromatic carbocycles. The van der Waals surface area contributed by atoms with E-state index in [1.165, 1.54) is 24.1 Å². The van der Waals surface area contributed by atoms with Gasteiger partial charge in [-0.2, -0.15) is 5.10 Å². The average molecular weight is 621 g/mol. The Bertz CT molecular complexity index is 1600. The number of rotatable bonds is 9. The second-order valence-electron chi connectivity index (χ2n) is 10.5. The van der Waals surface area contributed by atoms with E-state index >= 15 is 0 Å². The quantitative estimate of drug-likeness (QED) is 0.309. The molecule has 0 spiro atoms. The van der Waals surface area contributed by atoms with Crippen molar-refractivity contribution in [2.24, 2.45) is 13.0 Å². The Balaban J connectivity index is 1.30. The highest BCUT2D eigenvalue weighted by Gasteiger charge is 2.61. The van der Waals surface area contributed by atoms with Gasteiger partial charge in [0.2, 0.25) is 21.9 Å². The van der Waals surface area contributed by atoms with Crippen LogP contribution in [-0.2, 0) is 34.7 Å². The van der Waals surface area contributed by atoms with Gasteiger partial charge in [-0.3, -0.25) is 14.0 Å². The van der Waals surface area contributed by atoms with Gasteiger partial charge in [0.1, 0.15) is 39.8 Å². The summed E-state index contributed by atoms with van der Waals surface area (Å²) in [4.78, 5) is 13.0. The van der Waals surface area contributed by atoms with Crippen molar-refractivity contribution >= 4 is 44.0 Å². The van der Waals surface area contributed by atoms with Crippen LogP contribution in [0.15, 0.2) is 17.3 Å². The van der Waals surface area contributed by atoms with Gasteiger partial charge in [-0.05, 0) is 37.7 Å². The first-order valence-electron chi connectivity index (χ1n) is 12.8. The van der Waals surface area contributed by atoms with Gasteiger partial charge in [0.15, 0.2) is 0 Å². The van der Waals surface area contributed by atoms with Crippen LogP contribution in [0.3, 0.4) is 0 Å². The maximum Gasteiger partial charge on any atom is 0.282 e. The molecular weight excluding hydrogens is 595 g/mol. The Morgan fingerprint density at radius 2 is 2.00 bits per heavy atom. The summed E-state index contributed by atoms with van der Waals surface area (Å²) in [6.45, 7) is 0. The van der Waals surface area contributed by atoms with Crippen LogP contribution in [0.5, 0.6) is 0 Å². The average Bonchev–Trinajstić information content (AvgIpc) is 3.25. The number of hydrogen-bond donors (Lipinski definition) is 3. The molecule has 1 amide bonds. The van der Waals surface area contributed by atoms with E-state index in [0.29, 0.717) is 23.3 Å².